The van der Waals surface area contributed by atoms with Crippen molar-refractivity contribution in [2.75, 3.05) is 10.6 Å². The van der Waals surface area contributed by atoms with Crippen molar-refractivity contribution in [1.29, 1.82) is 0 Å². The van der Waals surface area contributed by atoms with Gasteiger partial charge in [0.2, 0.25) is 0 Å². The third-order valence-corrected chi connectivity index (χ3v) is 3.78. The number of para-hydroxylation sites is 1. The summed E-state index contributed by atoms with van der Waals surface area (Å²) in [5, 5.41) is 16.6. The van der Waals surface area contributed by atoms with Crippen molar-refractivity contribution in [3.05, 3.63) is 71.8 Å². The molecule has 120 valence electrons. The molecule has 0 aliphatic heterocycles. The van der Waals surface area contributed by atoms with Crippen molar-refractivity contribution >= 4 is 34.1 Å². The van der Waals surface area contributed by atoms with Crippen LogP contribution in [-0.4, -0.2) is 17.1 Å². The molecule has 0 fully saturated rings. The molecule has 5 heteroatoms. The van der Waals surface area contributed by atoms with Crippen molar-refractivity contribution < 1.29 is 14.7 Å². The molecule has 0 unspecified atom stereocenters. The molecular formula is C19H16N2O3. The van der Waals surface area contributed by atoms with Gasteiger partial charge < -0.3 is 15.7 Å². The van der Waals surface area contributed by atoms with Gasteiger partial charge in [-0.1, -0.05) is 48.5 Å². The summed E-state index contributed by atoms with van der Waals surface area (Å²) in [5.41, 5.74) is 1.70. The van der Waals surface area contributed by atoms with Crippen LogP contribution in [0.25, 0.3) is 10.8 Å². The molecule has 3 aromatic rings. The maximum Gasteiger partial charge on any atom is 0.337 e. The van der Waals surface area contributed by atoms with E-state index >= 15 is 0 Å². The SMILES string of the molecule is Cc1cccc(C(=O)O)c1NC(=O)Nc1cccc2ccccc12. The Hall–Kier alpha value is -3.34. The Labute approximate surface area is 138 Å². The van der Waals surface area contributed by atoms with E-state index in [0.29, 0.717) is 16.9 Å². The number of hydrogen-bond acceptors (Lipinski definition) is 2. The molecule has 0 aromatic heterocycles. The summed E-state index contributed by atoms with van der Waals surface area (Å²) in [6.07, 6.45) is 0. The number of benzene rings is 3. The number of carbonyl (C=O) groups is 2. The highest BCUT2D eigenvalue weighted by Gasteiger charge is 2.15. The summed E-state index contributed by atoms with van der Waals surface area (Å²) in [4.78, 5) is 23.7. The molecule has 0 aliphatic rings. The van der Waals surface area contributed by atoms with E-state index in [9.17, 15) is 14.7 Å². The van der Waals surface area contributed by atoms with Crippen LogP contribution in [0.3, 0.4) is 0 Å². The molecule has 3 N–H and O–H groups in total. The lowest BCUT2D eigenvalue weighted by molar-refractivity contribution is 0.0698. The van der Waals surface area contributed by atoms with Gasteiger partial charge in [0.05, 0.1) is 16.9 Å². The van der Waals surface area contributed by atoms with Gasteiger partial charge in [-0.3, -0.25) is 0 Å². The first-order valence-corrected chi connectivity index (χ1v) is 7.45. The van der Waals surface area contributed by atoms with Crippen LogP contribution in [0, 0.1) is 6.92 Å². The fourth-order valence-electron chi connectivity index (χ4n) is 2.61. The molecule has 0 heterocycles. The van der Waals surface area contributed by atoms with E-state index in [1.165, 1.54) is 6.07 Å². The topological polar surface area (TPSA) is 78.4 Å². The number of nitrogens with one attached hydrogen (secondary N) is 2. The van der Waals surface area contributed by atoms with E-state index in [1.54, 1.807) is 25.1 Å². The predicted octanol–water partition coefficient (Wildman–Crippen LogP) is 4.49. The zero-order valence-electron chi connectivity index (χ0n) is 13.0. The van der Waals surface area contributed by atoms with Crippen LogP contribution in [0.4, 0.5) is 16.2 Å². The quantitative estimate of drug-likeness (QED) is 0.665. The van der Waals surface area contributed by atoms with Gasteiger partial charge in [-0.2, -0.15) is 0 Å². The molecule has 24 heavy (non-hydrogen) atoms. The Bertz CT molecular complexity index is 930. The summed E-state index contributed by atoms with van der Waals surface area (Å²) in [6, 6.07) is 17.7. The van der Waals surface area contributed by atoms with Crippen LogP contribution < -0.4 is 10.6 Å². The highest BCUT2D eigenvalue weighted by atomic mass is 16.4. The van der Waals surface area contributed by atoms with Crippen molar-refractivity contribution in [2.24, 2.45) is 0 Å². The van der Waals surface area contributed by atoms with Crippen molar-refractivity contribution in [2.45, 2.75) is 6.92 Å². The Morgan fingerprint density at radius 1 is 0.875 bits per heavy atom. The molecular weight excluding hydrogens is 304 g/mol. The minimum absolute atomic E-state index is 0.0584. The van der Waals surface area contributed by atoms with E-state index in [2.05, 4.69) is 10.6 Å². The Morgan fingerprint density at radius 3 is 2.38 bits per heavy atom. The fraction of sp³-hybridized carbons (Fsp3) is 0.0526. The maximum absolute atomic E-state index is 12.3. The highest BCUT2D eigenvalue weighted by Crippen LogP contribution is 2.24. The van der Waals surface area contributed by atoms with E-state index in [0.717, 1.165) is 10.8 Å². The van der Waals surface area contributed by atoms with Crippen LogP contribution in [0.5, 0.6) is 0 Å². The first-order chi connectivity index (χ1) is 11.6. The number of anilines is 2. The number of rotatable bonds is 3. The molecule has 0 saturated carbocycles. The summed E-state index contributed by atoms with van der Waals surface area (Å²) in [6.45, 7) is 1.75. The number of amides is 2. The number of carboxylic acids is 1. The minimum atomic E-state index is -1.08. The van der Waals surface area contributed by atoms with Gasteiger partial charge in [-0.15, -0.1) is 0 Å². The first-order valence-electron chi connectivity index (χ1n) is 7.45. The van der Waals surface area contributed by atoms with Crippen molar-refractivity contribution in [3.63, 3.8) is 0 Å². The smallest absolute Gasteiger partial charge is 0.337 e. The summed E-state index contributed by atoms with van der Waals surface area (Å²) in [5.74, 6) is -1.08. The minimum Gasteiger partial charge on any atom is -0.478 e. The normalized spacial score (nSPS) is 10.4. The van der Waals surface area contributed by atoms with Gasteiger partial charge in [0.1, 0.15) is 0 Å². The van der Waals surface area contributed by atoms with Crippen LogP contribution >= 0.6 is 0 Å². The fourth-order valence-corrected chi connectivity index (χ4v) is 2.61. The van der Waals surface area contributed by atoms with Gasteiger partial charge in [0, 0.05) is 5.39 Å². The van der Waals surface area contributed by atoms with Crippen molar-refractivity contribution in [1.82, 2.24) is 0 Å². The molecule has 0 bridgehead atoms. The molecule has 0 spiro atoms. The number of aromatic carboxylic acids is 1. The molecule has 0 aliphatic carbocycles. The zero-order valence-corrected chi connectivity index (χ0v) is 13.0. The second kappa shape index (κ2) is 6.42. The van der Waals surface area contributed by atoms with Gasteiger partial charge >= 0.3 is 12.0 Å². The largest absolute Gasteiger partial charge is 0.478 e. The van der Waals surface area contributed by atoms with Crippen LogP contribution in [0.1, 0.15) is 15.9 Å². The first kappa shape index (κ1) is 15.6. The van der Waals surface area contributed by atoms with Gasteiger partial charge in [-0.25, -0.2) is 9.59 Å². The lowest BCUT2D eigenvalue weighted by atomic mass is 10.1. The summed E-state index contributed by atoms with van der Waals surface area (Å²) >= 11 is 0. The van der Waals surface area contributed by atoms with Gasteiger partial charge in [0.25, 0.3) is 0 Å². The summed E-state index contributed by atoms with van der Waals surface area (Å²) in [7, 11) is 0. The highest BCUT2D eigenvalue weighted by molar-refractivity contribution is 6.08. The van der Waals surface area contributed by atoms with E-state index < -0.39 is 12.0 Å². The second-order valence-electron chi connectivity index (χ2n) is 5.41. The standard InChI is InChI=1S/C19H16N2O3/c1-12-6-4-10-15(18(22)23)17(12)21-19(24)20-16-11-5-8-13-7-2-3-9-14(13)16/h2-11H,1H3,(H,22,23)(H2,20,21,24). The third-order valence-electron chi connectivity index (χ3n) is 3.78. The van der Waals surface area contributed by atoms with Crippen LogP contribution in [0.15, 0.2) is 60.7 Å². The van der Waals surface area contributed by atoms with E-state index in [4.69, 9.17) is 0 Å². The zero-order chi connectivity index (χ0) is 17.1. The Morgan fingerprint density at radius 2 is 1.58 bits per heavy atom. The van der Waals surface area contributed by atoms with Gasteiger partial charge in [0.15, 0.2) is 0 Å². The van der Waals surface area contributed by atoms with E-state index in [-0.39, 0.29) is 5.56 Å². The number of aryl methyl sites for hydroxylation is 1. The molecule has 3 aromatic carbocycles. The lowest BCUT2D eigenvalue weighted by Gasteiger charge is -2.13. The average Bonchev–Trinajstić information content (AvgIpc) is 2.57. The molecule has 0 radical (unpaired) electrons. The number of carbonyl (C=O) groups excluding carboxylic acids is 1. The summed E-state index contributed by atoms with van der Waals surface area (Å²) < 4.78 is 0. The van der Waals surface area contributed by atoms with Crippen LogP contribution in [-0.2, 0) is 0 Å². The number of hydrogen-bond donors (Lipinski definition) is 3. The monoisotopic (exact) mass is 320 g/mol. The van der Waals surface area contributed by atoms with Crippen molar-refractivity contribution in [3.8, 4) is 0 Å². The predicted molar refractivity (Wildman–Crippen MR) is 94.7 cm³/mol. The van der Waals surface area contributed by atoms with E-state index in [1.807, 2.05) is 36.4 Å². The van der Waals surface area contributed by atoms with Gasteiger partial charge in [-0.05, 0) is 30.0 Å². The van der Waals surface area contributed by atoms with Crippen LogP contribution in [0.2, 0.25) is 0 Å². The number of urea groups is 1. The molecule has 0 atom stereocenters. The third kappa shape index (κ3) is 3.05. The Kier molecular flexibility index (Phi) is 4.16. The Balaban J connectivity index is 1.88. The molecule has 0 saturated heterocycles. The number of fused-ring (bicyclic) bond motifs is 1. The molecule has 2 amide bonds. The molecule has 3 rings (SSSR count). The maximum atomic E-state index is 12.3. The average molecular weight is 320 g/mol. The molecule has 5 nitrogen and oxygen atoms in total. The lowest BCUT2D eigenvalue weighted by Crippen LogP contribution is -2.21. The number of carboxylic acid groups (broad SMARTS) is 1. The second-order valence-corrected chi connectivity index (χ2v) is 5.41.